The Bertz CT molecular complexity index is 606. The molecule has 2 saturated carbocycles. The summed E-state index contributed by atoms with van der Waals surface area (Å²) in [5.41, 5.74) is -0.600. The summed E-state index contributed by atoms with van der Waals surface area (Å²) in [4.78, 5) is 11.3. The highest BCUT2D eigenvalue weighted by Crippen LogP contribution is 2.44. The van der Waals surface area contributed by atoms with Crippen molar-refractivity contribution in [2.45, 2.75) is 69.9 Å². The summed E-state index contributed by atoms with van der Waals surface area (Å²) in [5, 5.41) is 3.53. The quantitative estimate of drug-likeness (QED) is 0.541. The van der Waals surface area contributed by atoms with E-state index in [9.17, 15) is 9.18 Å². The van der Waals surface area contributed by atoms with Crippen molar-refractivity contribution < 1.29 is 9.18 Å². The normalized spacial score (nSPS) is 30.2. The zero-order valence-corrected chi connectivity index (χ0v) is 18.1. The number of fused-ring (bicyclic) bond motifs is 2. The molecule has 152 valence electrons. The Hall–Kier alpha value is -0.910. The molecule has 2 N–H and O–H groups in total. The molecule has 0 spiro atoms. The Morgan fingerprint density at radius 2 is 1.93 bits per heavy atom. The van der Waals surface area contributed by atoms with Crippen LogP contribution in [0.1, 0.15) is 53.4 Å². The van der Waals surface area contributed by atoms with Crippen molar-refractivity contribution in [1.82, 2.24) is 10.0 Å². The first-order chi connectivity index (χ1) is 12.7. The van der Waals surface area contributed by atoms with Gasteiger partial charge in [0, 0.05) is 10.9 Å². The second-order valence-electron chi connectivity index (χ2n) is 8.97. The van der Waals surface area contributed by atoms with Crippen molar-refractivity contribution in [3.05, 3.63) is 30.1 Å². The van der Waals surface area contributed by atoms with Gasteiger partial charge in [0.15, 0.2) is 0 Å². The van der Waals surface area contributed by atoms with Crippen molar-refractivity contribution in [3.63, 3.8) is 0 Å². The molecule has 2 bridgehead atoms. The number of benzene rings is 1. The Kier molecular flexibility index (Phi) is 8.32. The number of hydrogen-bond donors (Lipinski definition) is 2. The highest BCUT2D eigenvalue weighted by atomic mass is 32.2. The van der Waals surface area contributed by atoms with Crippen molar-refractivity contribution in [3.8, 4) is 0 Å². The van der Waals surface area contributed by atoms with E-state index >= 15 is 0 Å². The SMILES string of the molecule is CC(C)(C=O)NSc1cccc(F)c1.CNC1C(C)CC2CC(C)CC1C2. The van der Waals surface area contributed by atoms with Gasteiger partial charge in [0.25, 0.3) is 0 Å². The molecular formula is C22H35FN2OS. The van der Waals surface area contributed by atoms with Crippen LogP contribution in [0.4, 0.5) is 4.39 Å². The van der Waals surface area contributed by atoms with Gasteiger partial charge in [-0.25, -0.2) is 9.11 Å². The van der Waals surface area contributed by atoms with E-state index in [0.29, 0.717) is 0 Å². The number of nitrogens with one attached hydrogen (secondary N) is 2. The Morgan fingerprint density at radius 3 is 2.56 bits per heavy atom. The van der Waals surface area contributed by atoms with Gasteiger partial charge in [0.2, 0.25) is 0 Å². The molecule has 0 heterocycles. The lowest BCUT2D eigenvalue weighted by atomic mass is 9.63. The summed E-state index contributed by atoms with van der Waals surface area (Å²) in [6, 6.07) is 7.02. The highest BCUT2D eigenvalue weighted by molar-refractivity contribution is 7.97. The zero-order chi connectivity index (χ0) is 20.0. The average molecular weight is 395 g/mol. The minimum Gasteiger partial charge on any atom is -0.316 e. The van der Waals surface area contributed by atoms with E-state index in [0.717, 1.165) is 40.9 Å². The third-order valence-electron chi connectivity index (χ3n) is 5.76. The van der Waals surface area contributed by atoms with Crippen LogP contribution in [0.3, 0.4) is 0 Å². The van der Waals surface area contributed by atoms with E-state index in [-0.39, 0.29) is 5.82 Å². The van der Waals surface area contributed by atoms with Crippen LogP contribution < -0.4 is 10.0 Å². The molecule has 3 nitrogen and oxygen atoms in total. The fraction of sp³-hybridized carbons (Fsp3) is 0.682. The number of hydrogen-bond acceptors (Lipinski definition) is 4. The Labute approximate surface area is 168 Å². The third kappa shape index (κ3) is 6.88. The predicted octanol–water partition coefficient (Wildman–Crippen LogP) is 5.07. The molecule has 0 saturated heterocycles. The summed E-state index contributed by atoms with van der Waals surface area (Å²) in [7, 11) is 2.14. The maximum absolute atomic E-state index is 12.8. The fourth-order valence-corrected chi connectivity index (χ4v) is 5.44. The third-order valence-corrected chi connectivity index (χ3v) is 6.88. The molecule has 1 aromatic rings. The Morgan fingerprint density at radius 1 is 1.19 bits per heavy atom. The number of rotatable bonds is 5. The summed E-state index contributed by atoms with van der Waals surface area (Å²) in [5.74, 6) is 3.63. The van der Waals surface area contributed by atoms with Crippen molar-refractivity contribution in [2.24, 2.45) is 23.7 Å². The number of carbonyl (C=O) groups excluding carboxylic acids is 1. The van der Waals surface area contributed by atoms with E-state index in [1.165, 1.54) is 49.8 Å². The van der Waals surface area contributed by atoms with Crippen LogP contribution in [-0.2, 0) is 4.79 Å². The lowest BCUT2D eigenvalue weighted by Crippen LogP contribution is -2.47. The molecule has 0 aromatic heterocycles. The molecule has 3 rings (SSSR count). The van der Waals surface area contributed by atoms with E-state index in [1.54, 1.807) is 26.0 Å². The fourth-order valence-electron chi connectivity index (χ4n) is 4.69. The molecule has 0 radical (unpaired) electrons. The zero-order valence-electron chi connectivity index (χ0n) is 17.3. The van der Waals surface area contributed by atoms with Crippen LogP contribution >= 0.6 is 11.9 Å². The minimum atomic E-state index is -0.600. The lowest BCUT2D eigenvalue weighted by Gasteiger charge is -2.46. The monoisotopic (exact) mass is 394 g/mol. The van der Waals surface area contributed by atoms with Gasteiger partial charge in [0.1, 0.15) is 12.1 Å². The van der Waals surface area contributed by atoms with Gasteiger partial charge in [-0.15, -0.1) is 0 Å². The summed E-state index contributed by atoms with van der Waals surface area (Å²) in [6.45, 7) is 8.37. The highest BCUT2D eigenvalue weighted by Gasteiger charge is 2.38. The summed E-state index contributed by atoms with van der Waals surface area (Å²) >= 11 is 1.24. The van der Waals surface area contributed by atoms with Gasteiger partial charge < -0.3 is 10.1 Å². The summed E-state index contributed by atoms with van der Waals surface area (Å²) in [6.07, 6.45) is 6.75. The maximum Gasteiger partial charge on any atom is 0.140 e. The van der Waals surface area contributed by atoms with Gasteiger partial charge in [-0.1, -0.05) is 19.9 Å². The van der Waals surface area contributed by atoms with Crippen LogP contribution in [0.2, 0.25) is 0 Å². The number of halogens is 1. The second-order valence-corrected chi connectivity index (χ2v) is 9.85. The Balaban J connectivity index is 0.000000194. The smallest absolute Gasteiger partial charge is 0.140 e. The van der Waals surface area contributed by atoms with Crippen LogP contribution in [-0.4, -0.2) is 24.9 Å². The molecule has 2 fully saturated rings. The molecule has 2 aliphatic rings. The first kappa shape index (κ1) is 22.4. The van der Waals surface area contributed by atoms with Crippen LogP contribution in [0, 0.1) is 29.5 Å². The molecule has 5 atom stereocenters. The van der Waals surface area contributed by atoms with Crippen molar-refractivity contribution >= 4 is 18.2 Å². The van der Waals surface area contributed by atoms with Gasteiger partial charge in [-0.3, -0.25) is 0 Å². The molecule has 27 heavy (non-hydrogen) atoms. The molecule has 2 aliphatic carbocycles. The number of aldehydes is 1. The van der Waals surface area contributed by atoms with Crippen LogP contribution in [0.25, 0.3) is 0 Å². The topological polar surface area (TPSA) is 41.1 Å². The number of carbonyl (C=O) groups is 1. The molecule has 5 heteroatoms. The molecular weight excluding hydrogens is 359 g/mol. The molecule has 0 amide bonds. The van der Waals surface area contributed by atoms with Crippen LogP contribution in [0.15, 0.2) is 29.2 Å². The molecule has 0 aliphatic heterocycles. The maximum atomic E-state index is 12.8. The minimum absolute atomic E-state index is 0.277. The van der Waals surface area contributed by atoms with Gasteiger partial charge in [0.05, 0.1) is 5.54 Å². The van der Waals surface area contributed by atoms with Crippen molar-refractivity contribution in [2.75, 3.05) is 7.05 Å². The first-order valence-electron chi connectivity index (χ1n) is 10.1. The average Bonchev–Trinajstić information content (AvgIpc) is 2.60. The first-order valence-corrected chi connectivity index (χ1v) is 10.9. The standard InChI is InChI=1S/C12H23N.C10H12FNOS/c1-8-4-10-6-9(2)12(13-3)11(5-8)7-10;1-10(2,7-13)12-14-9-5-3-4-8(11)6-9/h8-13H,4-7H2,1-3H3;3-7,12H,1-2H3. The van der Waals surface area contributed by atoms with E-state index in [1.807, 2.05) is 0 Å². The van der Waals surface area contributed by atoms with Gasteiger partial charge in [-0.2, -0.15) is 0 Å². The summed E-state index contributed by atoms with van der Waals surface area (Å²) < 4.78 is 15.7. The van der Waals surface area contributed by atoms with Crippen molar-refractivity contribution in [1.29, 1.82) is 0 Å². The predicted molar refractivity (Wildman–Crippen MR) is 112 cm³/mol. The van der Waals surface area contributed by atoms with Crippen LogP contribution in [0.5, 0.6) is 0 Å². The van der Waals surface area contributed by atoms with E-state index in [2.05, 4.69) is 30.9 Å². The molecule has 1 aromatic carbocycles. The van der Waals surface area contributed by atoms with E-state index in [4.69, 9.17) is 0 Å². The van der Waals surface area contributed by atoms with Gasteiger partial charge >= 0.3 is 0 Å². The van der Waals surface area contributed by atoms with Gasteiger partial charge in [-0.05, 0) is 100 Å². The lowest BCUT2D eigenvalue weighted by molar-refractivity contribution is -0.111. The van der Waals surface area contributed by atoms with E-state index < -0.39 is 5.54 Å². The largest absolute Gasteiger partial charge is 0.316 e. The second kappa shape index (κ2) is 10.0. The molecule has 5 unspecified atom stereocenters.